The Kier molecular flexibility index (Phi) is 3.37. The lowest BCUT2D eigenvalue weighted by Gasteiger charge is -2.14. The molecule has 7 heteroatoms. The summed E-state index contributed by atoms with van der Waals surface area (Å²) < 4.78 is 39.9. The largest absolute Gasteiger partial charge is 0.416 e. The molecule has 22 heavy (non-hydrogen) atoms. The number of nitrogens with zero attached hydrogens (tertiary/aromatic N) is 1. The van der Waals surface area contributed by atoms with Gasteiger partial charge in [0.2, 0.25) is 0 Å². The van der Waals surface area contributed by atoms with E-state index in [1.807, 2.05) is 0 Å². The van der Waals surface area contributed by atoms with Crippen LogP contribution in [0.25, 0.3) is 21.3 Å². The summed E-state index contributed by atoms with van der Waals surface area (Å²) in [6, 6.07) is 7.08. The first kappa shape index (κ1) is 14.5. The van der Waals surface area contributed by atoms with E-state index in [2.05, 4.69) is 4.98 Å². The molecule has 0 saturated heterocycles. The summed E-state index contributed by atoms with van der Waals surface area (Å²) >= 11 is 1.45. The smallest absolute Gasteiger partial charge is 0.398 e. The van der Waals surface area contributed by atoms with Crippen molar-refractivity contribution in [3.63, 3.8) is 0 Å². The van der Waals surface area contributed by atoms with Gasteiger partial charge in [0.05, 0.1) is 21.3 Å². The summed E-state index contributed by atoms with van der Waals surface area (Å²) in [6.07, 6.45) is -3.52. The topological polar surface area (TPSA) is 62.8 Å². The van der Waals surface area contributed by atoms with E-state index in [1.165, 1.54) is 11.3 Å². The number of rotatable bonds is 2. The van der Waals surface area contributed by atoms with Crippen LogP contribution < -0.4 is 5.73 Å². The fourth-order valence-corrected chi connectivity index (χ4v) is 2.92. The summed E-state index contributed by atoms with van der Waals surface area (Å²) in [5.74, 6) is 0. The quantitative estimate of drug-likeness (QED) is 0.537. The lowest BCUT2D eigenvalue weighted by atomic mass is 9.96. The molecule has 0 saturated carbocycles. The van der Waals surface area contributed by atoms with Crippen LogP contribution in [0.5, 0.6) is 0 Å². The normalized spacial score (nSPS) is 11.8. The standard InChI is InChI=1S/C15H10F3N3S/c16-15(17,18)9-4-10(11(6-19)12(20)5-9)8-1-2-14-13(3-8)21-7-22-14/h1-7,19H,20H2. The van der Waals surface area contributed by atoms with Gasteiger partial charge in [-0.05, 0) is 35.4 Å². The maximum Gasteiger partial charge on any atom is 0.416 e. The van der Waals surface area contributed by atoms with Crippen molar-refractivity contribution < 1.29 is 13.2 Å². The number of nitrogens with two attached hydrogens (primary N) is 1. The lowest BCUT2D eigenvalue weighted by Crippen LogP contribution is -2.08. The van der Waals surface area contributed by atoms with Crippen molar-refractivity contribution in [3.05, 3.63) is 47.0 Å². The minimum atomic E-state index is -4.49. The molecule has 3 N–H and O–H groups in total. The maximum atomic E-state index is 13.0. The lowest BCUT2D eigenvalue weighted by molar-refractivity contribution is -0.137. The van der Waals surface area contributed by atoms with Gasteiger partial charge < -0.3 is 11.1 Å². The molecular formula is C15H10F3N3S. The van der Waals surface area contributed by atoms with Crippen LogP contribution in [0.3, 0.4) is 0 Å². The van der Waals surface area contributed by atoms with E-state index in [0.29, 0.717) is 11.1 Å². The first-order chi connectivity index (χ1) is 10.4. The van der Waals surface area contributed by atoms with Gasteiger partial charge in [0.25, 0.3) is 0 Å². The molecule has 0 unspecified atom stereocenters. The van der Waals surface area contributed by atoms with Crippen LogP contribution >= 0.6 is 11.3 Å². The highest BCUT2D eigenvalue weighted by Crippen LogP contribution is 2.37. The number of nitrogens with one attached hydrogen (secondary N) is 1. The predicted octanol–water partition coefficient (Wildman–Crippen LogP) is 4.56. The van der Waals surface area contributed by atoms with Crippen molar-refractivity contribution in [2.24, 2.45) is 0 Å². The zero-order valence-electron chi connectivity index (χ0n) is 11.1. The molecule has 0 spiro atoms. The van der Waals surface area contributed by atoms with Gasteiger partial charge >= 0.3 is 6.18 Å². The summed E-state index contributed by atoms with van der Waals surface area (Å²) in [5, 5.41) is 7.43. The van der Waals surface area contributed by atoms with Gasteiger partial charge in [-0.1, -0.05) is 6.07 Å². The molecule has 1 heterocycles. The van der Waals surface area contributed by atoms with Crippen molar-refractivity contribution in [3.8, 4) is 11.1 Å². The Bertz CT molecular complexity index is 868. The van der Waals surface area contributed by atoms with Gasteiger partial charge in [-0.3, -0.25) is 0 Å². The van der Waals surface area contributed by atoms with Crippen LogP contribution in [-0.4, -0.2) is 11.2 Å². The van der Waals surface area contributed by atoms with Gasteiger partial charge in [0.1, 0.15) is 0 Å². The number of aromatic nitrogens is 1. The molecule has 3 nitrogen and oxygen atoms in total. The predicted molar refractivity (Wildman–Crippen MR) is 82.4 cm³/mol. The zero-order valence-corrected chi connectivity index (χ0v) is 11.9. The number of hydrogen-bond donors (Lipinski definition) is 2. The Morgan fingerprint density at radius 3 is 2.64 bits per heavy atom. The fraction of sp³-hybridized carbons (Fsp3) is 0.0667. The van der Waals surface area contributed by atoms with Gasteiger partial charge in [0, 0.05) is 17.5 Å². The van der Waals surface area contributed by atoms with E-state index in [9.17, 15) is 13.2 Å². The molecule has 2 aromatic carbocycles. The Labute approximate surface area is 127 Å². The molecule has 0 aliphatic rings. The van der Waals surface area contributed by atoms with Gasteiger partial charge in [-0.15, -0.1) is 11.3 Å². The molecular weight excluding hydrogens is 311 g/mol. The molecule has 3 aromatic rings. The summed E-state index contributed by atoms with van der Waals surface area (Å²) in [5.41, 5.74) is 8.26. The third-order valence-electron chi connectivity index (χ3n) is 3.33. The second kappa shape index (κ2) is 5.10. The fourth-order valence-electron chi connectivity index (χ4n) is 2.26. The highest BCUT2D eigenvalue weighted by atomic mass is 32.1. The van der Waals surface area contributed by atoms with Crippen molar-refractivity contribution in [1.82, 2.24) is 4.98 Å². The number of halogens is 3. The van der Waals surface area contributed by atoms with Crippen LogP contribution in [0, 0.1) is 5.41 Å². The molecule has 0 atom stereocenters. The first-order valence-corrected chi connectivity index (χ1v) is 7.13. The minimum Gasteiger partial charge on any atom is -0.398 e. The molecule has 0 aliphatic heterocycles. The molecule has 3 rings (SSSR count). The van der Waals surface area contributed by atoms with Crippen molar-refractivity contribution in [2.75, 3.05) is 5.73 Å². The van der Waals surface area contributed by atoms with Gasteiger partial charge in [-0.25, -0.2) is 4.98 Å². The number of thiazole rings is 1. The molecule has 0 bridgehead atoms. The van der Waals surface area contributed by atoms with E-state index in [0.717, 1.165) is 23.0 Å². The molecule has 0 fully saturated rings. The summed E-state index contributed by atoms with van der Waals surface area (Å²) in [6.45, 7) is 0. The molecule has 1 aromatic heterocycles. The Balaban J connectivity index is 2.27. The van der Waals surface area contributed by atoms with Crippen LogP contribution in [0.1, 0.15) is 11.1 Å². The van der Waals surface area contributed by atoms with E-state index < -0.39 is 11.7 Å². The van der Waals surface area contributed by atoms with Crippen LogP contribution in [0.2, 0.25) is 0 Å². The monoisotopic (exact) mass is 321 g/mol. The molecule has 0 radical (unpaired) electrons. The van der Waals surface area contributed by atoms with Crippen molar-refractivity contribution in [2.45, 2.75) is 6.18 Å². The van der Waals surface area contributed by atoms with Gasteiger partial charge in [0.15, 0.2) is 0 Å². The van der Waals surface area contributed by atoms with Crippen LogP contribution in [-0.2, 0) is 6.18 Å². The summed E-state index contributed by atoms with van der Waals surface area (Å²) in [7, 11) is 0. The second-order valence-electron chi connectivity index (χ2n) is 4.70. The van der Waals surface area contributed by atoms with E-state index in [4.69, 9.17) is 11.1 Å². The van der Waals surface area contributed by atoms with Crippen LogP contribution in [0.4, 0.5) is 18.9 Å². The van der Waals surface area contributed by atoms with E-state index in [1.54, 1.807) is 23.7 Å². The number of nitrogen functional groups attached to an aromatic ring is 1. The molecule has 0 aliphatic carbocycles. The zero-order chi connectivity index (χ0) is 15.9. The van der Waals surface area contributed by atoms with Crippen molar-refractivity contribution in [1.29, 1.82) is 5.41 Å². The minimum absolute atomic E-state index is 0.0711. The van der Waals surface area contributed by atoms with Crippen molar-refractivity contribution >= 4 is 33.5 Å². The summed E-state index contributed by atoms with van der Waals surface area (Å²) in [4.78, 5) is 4.16. The number of hydrogen-bond acceptors (Lipinski definition) is 4. The number of benzene rings is 2. The molecule has 0 amide bonds. The highest BCUT2D eigenvalue weighted by molar-refractivity contribution is 7.16. The Morgan fingerprint density at radius 2 is 1.95 bits per heavy atom. The number of fused-ring (bicyclic) bond motifs is 1. The Morgan fingerprint density at radius 1 is 1.18 bits per heavy atom. The third kappa shape index (κ3) is 2.43. The van der Waals surface area contributed by atoms with Gasteiger partial charge in [-0.2, -0.15) is 13.2 Å². The Hall–Kier alpha value is -2.41. The second-order valence-corrected chi connectivity index (χ2v) is 5.59. The number of anilines is 1. The third-order valence-corrected chi connectivity index (χ3v) is 4.14. The van der Waals surface area contributed by atoms with E-state index >= 15 is 0 Å². The highest BCUT2D eigenvalue weighted by Gasteiger charge is 2.32. The SMILES string of the molecule is N=Cc1c(N)cc(C(F)(F)F)cc1-c1ccc2scnc2c1. The number of alkyl halides is 3. The average Bonchev–Trinajstić information content (AvgIpc) is 2.92. The average molecular weight is 321 g/mol. The van der Waals surface area contributed by atoms with Crippen LogP contribution in [0.15, 0.2) is 35.8 Å². The first-order valence-electron chi connectivity index (χ1n) is 6.25. The maximum absolute atomic E-state index is 13.0. The molecule has 112 valence electrons. The van der Waals surface area contributed by atoms with E-state index in [-0.39, 0.29) is 16.8 Å².